The maximum absolute atomic E-state index is 5.91. The van der Waals surface area contributed by atoms with Crippen LogP contribution in [0.25, 0.3) is 0 Å². The van der Waals surface area contributed by atoms with Gasteiger partial charge >= 0.3 is 0 Å². The molecule has 2 aliphatic rings. The van der Waals surface area contributed by atoms with E-state index in [1.54, 1.807) is 0 Å². The summed E-state index contributed by atoms with van der Waals surface area (Å²) in [5.74, 6) is 1.72. The van der Waals surface area contributed by atoms with Gasteiger partial charge in [-0.2, -0.15) is 0 Å². The molecule has 0 spiro atoms. The predicted molar refractivity (Wildman–Crippen MR) is 86.6 cm³/mol. The Bertz CT molecular complexity index is 507. The molecule has 0 bridgehead atoms. The third-order valence-electron chi connectivity index (χ3n) is 4.24. The van der Waals surface area contributed by atoms with Crippen LogP contribution in [0.15, 0.2) is 12.7 Å². The molecule has 2 unspecified atom stereocenters. The minimum absolute atomic E-state index is 0.0200. The molecule has 2 atom stereocenters. The summed E-state index contributed by atoms with van der Waals surface area (Å²) in [5.41, 5.74) is 0. The molecule has 3 rings (SSSR count). The van der Waals surface area contributed by atoms with E-state index in [1.165, 1.54) is 6.42 Å². The third-order valence-corrected chi connectivity index (χ3v) is 4.24. The van der Waals surface area contributed by atoms with Gasteiger partial charge in [0.25, 0.3) is 0 Å². The van der Waals surface area contributed by atoms with Crippen molar-refractivity contribution in [1.82, 2.24) is 14.8 Å². The van der Waals surface area contributed by atoms with Crippen molar-refractivity contribution in [3.8, 4) is 0 Å². The van der Waals surface area contributed by atoms with E-state index in [1.807, 2.05) is 18.0 Å². The standard InChI is InChI=1S/C16H26N4O3/c1-3-7-19(2)16-18-17-15(14-6-4-5-8-23-14)20(16)11-13-12-21-9-10-22-13/h3,13-14H,1,4-12H2,2H3. The van der Waals surface area contributed by atoms with Crippen molar-refractivity contribution < 1.29 is 14.2 Å². The second-order valence-corrected chi connectivity index (χ2v) is 6.06. The van der Waals surface area contributed by atoms with E-state index in [4.69, 9.17) is 14.2 Å². The van der Waals surface area contributed by atoms with Gasteiger partial charge in [0.2, 0.25) is 5.95 Å². The van der Waals surface area contributed by atoms with Crippen LogP contribution in [0.1, 0.15) is 31.2 Å². The van der Waals surface area contributed by atoms with Crippen molar-refractivity contribution in [1.29, 1.82) is 0 Å². The zero-order valence-electron chi connectivity index (χ0n) is 13.8. The number of aromatic nitrogens is 3. The molecule has 1 aromatic rings. The van der Waals surface area contributed by atoms with Gasteiger partial charge in [-0.05, 0) is 19.3 Å². The molecular weight excluding hydrogens is 296 g/mol. The first-order chi connectivity index (χ1) is 11.3. The third kappa shape index (κ3) is 3.91. The highest BCUT2D eigenvalue weighted by molar-refractivity contribution is 5.31. The van der Waals surface area contributed by atoms with Crippen LogP contribution in [-0.2, 0) is 20.8 Å². The van der Waals surface area contributed by atoms with Gasteiger partial charge in [0, 0.05) is 20.2 Å². The largest absolute Gasteiger partial charge is 0.376 e. The van der Waals surface area contributed by atoms with Crippen LogP contribution in [-0.4, -0.2) is 60.9 Å². The average molecular weight is 322 g/mol. The van der Waals surface area contributed by atoms with Crippen LogP contribution in [0.5, 0.6) is 0 Å². The van der Waals surface area contributed by atoms with Crippen molar-refractivity contribution in [3.05, 3.63) is 18.5 Å². The summed E-state index contributed by atoms with van der Waals surface area (Å²) >= 11 is 0. The van der Waals surface area contributed by atoms with E-state index in [0.29, 0.717) is 32.9 Å². The number of nitrogens with zero attached hydrogens (tertiary/aromatic N) is 4. The SMILES string of the molecule is C=CCN(C)c1nnc(C2CCCCO2)n1CC1COCCO1. The van der Waals surface area contributed by atoms with Gasteiger partial charge in [-0.25, -0.2) is 0 Å². The first-order valence-corrected chi connectivity index (χ1v) is 8.35. The summed E-state index contributed by atoms with van der Waals surface area (Å²) in [7, 11) is 1.99. The Kier molecular flexibility index (Phi) is 5.64. The molecule has 0 radical (unpaired) electrons. The summed E-state index contributed by atoms with van der Waals surface area (Å²) in [4.78, 5) is 2.04. The van der Waals surface area contributed by atoms with Gasteiger partial charge in [0.15, 0.2) is 5.82 Å². The van der Waals surface area contributed by atoms with E-state index in [9.17, 15) is 0 Å². The monoisotopic (exact) mass is 322 g/mol. The highest BCUT2D eigenvalue weighted by Crippen LogP contribution is 2.29. The van der Waals surface area contributed by atoms with E-state index >= 15 is 0 Å². The van der Waals surface area contributed by atoms with Crippen molar-refractivity contribution in [3.63, 3.8) is 0 Å². The molecule has 0 saturated carbocycles. The molecule has 2 saturated heterocycles. The molecule has 0 aliphatic carbocycles. The zero-order chi connectivity index (χ0) is 16.1. The van der Waals surface area contributed by atoms with Gasteiger partial charge < -0.3 is 19.1 Å². The Labute approximate surface area is 137 Å². The number of hydrogen-bond donors (Lipinski definition) is 0. The lowest BCUT2D eigenvalue weighted by Crippen LogP contribution is -2.34. The Morgan fingerprint density at radius 2 is 2.17 bits per heavy atom. The number of likely N-dealkylation sites (N-methyl/N-ethyl adjacent to an activating group) is 1. The molecular formula is C16H26N4O3. The summed E-state index contributed by atoms with van der Waals surface area (Å²) in [6.07, 6.45) is 5.18. The van der Waals surface area contributed by atoms with Crippen LogP contribution >= 0.6 is 0 Å². The highest BCUT2D eigenvalue weighted by Gasteiger charge is 2.27. The molecule has 7 nitrogen and oxygen atoms in total. The molecule has 1 aromatic heterocycles. The summed E-state index contributed by atoms with van der Waals surface area (Å²) in [6.45, 7) is 7.89. The van der Waals surface area contributed by atoms with Crippen molar-refractivity contribution in [2.45, 2.75) is 38.0 Å². The Hall–Kier alpha value is -1.44. The van der Waals surface area contributed by atoms with Crippen LogP contribution in [0, 0.1) is 0 Å². The van der Waals surface area contributed by atoms with Crippen LogP contribution in [0.2, 0.25) is 0 Å². The fourth-order valence-electron chi connectivity index (χ4n) is 3.07. The molecule has 0 N–H and O–H groups in total. The van der Waals surface area contributed by atoms with Crippen LogP contribution in [0.3, 0.4) is 0 Å². The quantitative estimate of drug-likeness (QED) is 0.741. The Balaban J connectivity index is 1.83. The smallest absolute Gasteiger partial charge is 0.227 e. The molecule has 0 amide bonds. The van der Waals surface area contributed by atoms with Gasteiger partial charge in [-0.3, -0.25) is 4.57 Å². The lowest BCUT2D eigenvalue weighted by Gasteiger charge is -2.28. The van der Waals surface area contributed by atoms with E-state index in [0.717, 1.165) is 31.2 Å². The maximum atomic E-state index is 5.91. The normalized spacial score (nSPS) is 25.3. The zero-order valence-corrected chi connectivity index (χ0v) is 13.8. The Morgan fingerprint density at radius 1 is 1.26 bits per heavy atom. The van der Waals surface area contributed by atoms with Gasteiger partial charge in [-0.1, -0.05) is 6.08 Å². The second kappa shape index (κ2) is 7.90. The number of rotatable bonds is 6. The van der Waals surface area contributed by atoms with Crippen molar-refractivity contribution in [2.24, 2.45) is 0 Å². The molecule has 2 fully saturated rings. The number of anilines is 1. The lowest BCUT2D eigenvalue weighted by molar-refractivity contribution is -0.0945. The maximum Gasteiger partial charge on any atom is 0.227 e. The minimum Gasteiger partial charge on any atom is -0.376 e. The molecule has 2 aliphatic heterocycles. The van der Waals surface area contributed by atoms with E-state index in [2.05, 4.69) is 21.3 Å². The second-order valence-electron chi connectivity index (χ2n) is 6.06. The lowest BCUT2D eigenvalue weighted by atomic mass is 10.1. The first kappa shape index (κ1) is 16.4. The van der Waals surface area contributed by atoms with Crippen molar-refractivity contribution in [2.75, 3.05) is 44.9 Å². The van der Waals surface area contributed by atoms with Crippen LogP contribution < -0.4 is 4.90 Å². The number of ether oxygens (including phenoxy) is 3. The topological polar surface area (TPSA) is 61.6 Å². The highest BCUT2D eigenvalue weighted by atomic mass is 16.6. The predicted octanol–water partition coefficient (Wildman–Crippen LogP) is 1.56. The number of hydrogen-bond acceptors (Lipinski definition) is 6. The molecule has 7 heteroatoms. The summed E-state index contributed by atoms with van der Waals surface area (Å²) in [6, 6.07) is 0. The first-order valence-electron chi connectivity index (χ1n) is 8.35. The Morgan fingerprint density at radius 3 is 2.87 bits per heavy atom. The van der Waals surface area contributed by atoms with Gasteiger partial charge in [0.1, 0.15) is 6.10 Å². The molecule has 3 heterocycles. The van der Waals surface area contributed by atoms with Gasteiger partial charge in [-0.15, -0.1) is 16.8 Å². The fourth-order valence-corrected chi connectivity index (χ4v) is 3.07. The van der Waals surface area contributed by atoms with E-state index in [-0.39, 0.29) is 12.2 Å². The molecule has 128 valence electrons. The van der Waals surface area contributed by atoms with Crippen molar-refractivity contribution >= 4 is 5.95 Å². The summed E-state index contributed by atoms with van der Waals surface area (Å²) < 4.78 is 19.4. The van der Waals surface area contributed by atoms with Gasteiger partial charge in [0.05, 0.1) is 32.5 Å². The molecule has 23 heavy (non-hydrogen) atoms. The van der Waals surface area contributed by atoms with Crippen LogP contribution in [0.4, 0.5) is 5.95 Å². The summed E-state index contributed by atoms with van der Waals surface area (Å²) in [5, 5.41) is 8.81. The van der Waals surface area contributed by atoms with E-state index < -0.39 is 0 Å². The molecule has 0 aromatic carbocycles. The fraction of sp³-hybridized carbons (Fsp3) is 0.750. The minimum atomic E-state index is 0.0200. The average Bonchev–Trinajstić information content (AvgIpc) is 3.00.